The van der Waals surface area contributed by atoms with Gasteiger partial charge in [0.15, 0.2) is 5.78 Å². The second kappa shape index (κ2) is 8.37. The summed E-state index contributed by atoms with van der Waals surface area (Å²) in [5.41, 5.74) is 3.92. The maximum atomic E-state index is 14.0. The van der Waals surface area contributed by atoms with Gasteiger partial charge in [0.25, 0.3) is 5.91 Å². The van der Waals surface area contributed by atoms with E-state index in [0.29, 0.717) is 22.5 Å². The van der Waals surface area contributed by atoms with Crippen molar-refractivity contribution in [3.63, 3.8) is 0 Å². The lowest BCUT2D eigenvalue weighted by Crippen LogP contribution is -2.45. The van der Waals surface area contributed by atoms with Crippen LogP contribution in [-0.2, 0) is 0 Å². The van der Waals surface area contributed by atoms with Gasteiger partial charge in [-0.1, -0.05) is 0 Å². The minimum absolute atomic E-state index is 0.0779. The Kier molecular flexibility index (Phi) is 6.07. The molecule has 1 aliphatic rings. The van der Waals surface area contributed by atoms with Crippen molar-refractivity contribution in [2.24, 2.45) is 0 Å². The lowest BCUT2D eigenvalue weighted by Gasteiger charge is -2.36. The zero-order chi connectivity index (χ0) is 21.3. The normalized spacial score (nSPS) is 16.0. The van der Waals surface area contributed by atoms with Crippen LogP contribution in [0.25, 0.3) is 0 Å². The highest BCUT2D eigenvalue weighted by Gasteiger charge is 2.24. The number of aromatic amines is 1. The van der Waals surface area contributed by atoms with Gasteiger partial charge < -0.3 is 20.1 Å². The van der Waals surface area contributed by atoms with Gasteiger partial charge in [-0.3, -0.25) is 9.59 Å². The van der Waals surface area contributed by atoms with Crippen LogP contribution < -0.4 is 10.2 Å². The molecule has 6 nitrogen and oxygen atoms in total. The fourth-order valence-electron chi connectivity index (χ4n) is 4.06. The first-order valence-electron chi connectivity index (χ1n) is 9.93. The molecule has 1 atom stereocenters. The number of hydrogen-bond donors (Lipinski definition) is 2. The van der Waals surface area contributed by atoms with E-state index < -0.39 is 6.04 Å². The monoisotopic (exact) mass is 400 g/mol. The average molecular weight is 400 g/mol. The molecule has 0 radical (unpaired) electrons. The van der Waals surface area contributed by atoms with Gasteiger partial charge in [0.2, 0.25) is 0 Å². The van der Waals surface area contributed by atoms with Crippen molar-refractivity contribution in [1.29, 1.82) is 0 Å². The molecule has 1 aromatic carbocycles. The number of likely N-dealkylation sites (N-methyl/N-ethyl adjacent to an activating group) is 1. The Morgan fingerprint density at radius 2 is 1.83 bits per heavy atom. The Morgan fingerprint density at radius 3 is 2.41 bits per heavy atom. The molecule has 29 heavy (non-hydrogen) atoms. The summed E-state index contributed by atoms with van der Waals surface area (Å²) in [6.45, 7) is 10.5. The summed E-state index contributed by atoms with van der Waals surface area (Å²) in [5.74, 6) is -0.713. The van der Waals surface area contributed by atoms with E-state index >= 15 is 0 Å². The minimum Gasteiger partial charge on any atom is -0.369 e. The number of rotatable bonds is 5. The Labute approximate surface area is 171 Å². The van der Waals surface area contributed by atoms with Crippen LogP contribution >= 0.6 is 0 Å². The molecule has 0 bridgehead atoms. The molecule has 1 saturated heterocycles. The molecular weight excluding hydrogens is 371 g/mol. The summed E-state index contributed by atoms with van der Waals surface area (Å²) in [5, 5.41) is 2.96. The van der Waals surface area contributed by atoms with E-state index in [-0.39, 0.29) is 17.5 Å². The van der Waals surface area contributed by atoms with Crippen molar-refractivity contribution in [1.82, 2.24) is 15.2 Å². The SMILES string of the molecule is CC(=O)c1c(C)[nH]c(C(=O)NC(C)c2cc(F)ccc2N2CCN(C)CC2)c1C. The first kappa shape index (κ1) is 21.0. The third-order valence-electron chi connectivity index (χ3n) is 5.66. The summed E-state index contributed by atoms with van der Waals surface area (Å²) < 4.78 is 14.0. The first-order chi connectivity index (χ1) is 13.7. The number of nitrogens with zero attached hydrogens (tertiary/aromatic N) is 2. The molecule has 2 heterocycles. The van der Waals surface area contributed by atoms with Crippen LogP contribution in [0.2, 0.25) is 0 Å². The van der Waals surface area contributed by atoms with Crippen molar-refractivity contribution in [3.05, 3.63) is 52.1 Å². The molecule has 2 aromatic rings. The highest BCUT2D eigenvalue weighted by molar-refractivity contribution is 6.02. The number of halogens is 1. The van der Waals surface area contributed by atoms with Crippen molar-refractivity contribution in [3.8, 4) is 0 Å². The van der Waals surface area contributed by atoms with E-state index in [2.05, 4.69) is 27.1 Å². The van der Waals surface area contributed by atoms with E-state index in [9.17, 15) is 14.0 Å². The van der Waals surface area contributed by atoms with Crippen LogP contribution in [0.15, 0.2) is 18.2 Å². The second-order valence-electron chi connectivity index (χ2n) is 7.87. The smallest absolute Gasteiger partial charge is 0.268 e. The Hall–Kier alpha value is -2.67. The fourth-order valence-corrected chi connectivity index (χ4v) is 4.06. The van der Waals surface area contributed by atoms with Crippen molar-refractivity contribution < 1.29 is 14.0 Å². The number of carbonyl (C=O) groups is 2. The molecule has 1 aromatic heterocycles. The van der Waals surface area contributed by atoms with Gasteiger partial charge >= 0.3 is 0 Å². The van der Waals surface area contributed by atoms with Crippen molar-refractivity contribution in [2.45, 2.75) is 33.7 Å². The lowest BCUT2D eigenvalue weighted by molar-refractivity contribution is 0.0934. The van der Waals surface area contributed by atoms with E-state index in [0.717, 1.165) is 37.4 Å². The summed E-state index contributed by atoms with van der Waals surface area (Å²) in [6, 6.07) is 4.35. The molecule has 0 aliphatic carbocycles. The highest BCUT2D eigenvalue weighted by atomic mass is 19.1. The third kappa shape index (κ3) is 4.34. The number of ketones is 1. The number of amides is 1. The predicted octanol–water partition coefficient (Wildman–Crippen LogP) is 3.22. The van der Waals surface area contributed by atoms with E-state index in [1.807, 2.05) is 6.92 Å². The van der Waals surface area contributed by atoms with Gasteiger partial charge in [-0.15, -0.1) is 0 Å². The zero-order valence-corrected chi connectivity index (χ0v) is 17.7. The number of Topliss-reactive ketones (excluding diaryl/α,β-unsaturated/α-hetero) is 1. The average Bonchev–Trinajstić information content (AvgIpc) is 2.97. The van der Waals surface area contributed by atoms with Crippen LogP contribution in [0.5, 0.6) is 0 Å². The molecular formula is C22H29FN4O2. The molecule has 7 heteroatoms. The topological polar surface area (TPSA) is 68.4 Å². The van der Waals surface area contributed by atoms with Crippen LogP contribution in [-0.4, -0.2) is 54.8 Å². The van der Waals surface area contributed by atoms with Crippen LogP contribution in [0.4, 0.5) is 10.1 Å². The summed E-state index contributed by atoms with van der Waals surface area (Å²) in [4.78, 5) is 32.2. The summed E-state index contributed by atoms with van der Waals surface area (Å²) in [6.07, 6.45) is 0. The van der Waals surface area contributed by atoms with Crippen LogP contribution in [0.3, 0.4) is 0 Å². The molecule has 0 spiro atoms. The van der Waals surface area contributed by atoms with E-state index in [1.165, 1.54) is 19.1 Å². The lowest BCUT2D eigenvalue weighted by atomic mass is 10.0. The van der Waals surface area contributed by atoms with Crippen LogP contribution in [0.1, 0.15) is 57.6 Å². The standard InChI is InChI=1S/C22H29FN4O2/c1-13-20(16(4)28)15(3)24-21(13)22(29)25-14(2)18-12-17(23)6-7-19(18)27-10-8-26(5)9-11-27/h6-7,12,14,24H,8-11H2,1-5H3,(H,25,29). The molecule has 3 rings (SSSR count). The number of nitrogens with one attached hydrogen (secondary N) is 2. The van der Waals surface area contributed by atoms with Gasteiger partial charge in [0.1, 0.15) is 11.5 Å². The Balaban J connectivity index is 1.85. The molecule has 1 amide bonds. The number of anilines is 1. The van der Waals surface area contributed by atoms with E-state index in [4.69, 9.17) is 0 Å². The number of hydrogen-bond acceptors (Lipinski definition) is 4. The molecule has 1 fully saturated rings. The number of benzene rings is 1. The molecule has 1 unspecified atom stereocenters. The molecule has 2 N–H and O–H groups in total. The second-order valence-corrected chi connectivity index (χ2v) is 7.87. The number of aromatic nitrogens is 1. The van der Waals surface area contributed by atoms with Gasteiger partial charge in [0.05, 0.1) is 6.04 Å². The maximum Gasteiger partial charge on any atom is 0.268 e. The number of H-pyrrole nitrogens is 1. The van der Waals surface area contributed by atoms with Gasteiger partial charge in [-0.25, -0.2) is 4.39 Å². The number of piperazine rings is 1. The molecule has 0 saturated carbocycles. The first-order valence-corrected chi connectivity index (χ1v) is 9.93. The maximum absolute atomic E-state index is 14.0. The minimum atomic E-state index is -0.392. The Bertz CT molecular complexity index is 929. The van der Waals surface area contributed by atoms with E-state index in [1.54, 1.807) is 19.9 Å². The summed E-state index contributed by atoms with van der Waals surface area (Å²) in [7, 11) is 2.09. The number of aryl methyl sites for hydroxylation is 1. The molecule has 156 valence electrons. The Morgan fingerprint density at radius 1 is 1.17 bits per heavy atom. The van der Waals surface area contributed by atoms with Crippen LogP contribution in [0, 0.1) is 19.7 Å². The highest BCUT2D eigenvalue weighted by Crippen LogP contribution is 2.29. The van der Waals surface area contributed by atoms with Gasteiger partial charge in [-0.05, 0) is 58.5 Å². The van der Waals surface area contributed by atoms with Gasteiger partial charge in [0, 0.05) is 48.7 Å². The number of carbonyl (C=O) groups excluding carboxylic acids is 2. The molecule has 1 aliphatic heterocycles. The van der Waals surface area contributed by atoms with Crippen molar-refractivity contribution >= 4 is 17.4 Å². The third-order valence-corrected chi connectivity index (χ3v) is 5.66. The zero-order valence-electron chi connectivity index (χ0n) is 17.7. The van der Waals surface area contributed by atoms with Crippen molar-refractivity contribution in [2.75, 3.05) is 38.1 Å². The largest absolute Gasteiger partial charge is 0.369 e. The summed E-state index contributed by atoms with van der Waals surface area (Å²) >= 11 is 0. The predicted molar refractivity (Wildman–Crippen MR) is 112 cm³/mol. The van der Waals surface area contributed by atoms with Gasteiger partial charge in [-0.2, -0.15) is 0 Å². The fraction of sp³-hybridized carbons (Fsp3) is 0.455. The quantitative estimate of drug-likeness (QED) is 0.757.